The van der Waals surface area contributed by atoms with Gasteiger partial charge in [0.05, 0.1) is 18.2 Å². The van der Waals surface area contributed by atoms with Crippen molar-refractivity contribution in [3.05, 3.63) is 77.7 Å². The normalized spacial score (nSPS) is 10.8. The van der Waals surface area contributed by atoms with Gasteiger partial charge in [-0.1, -0.05) is 17.7 Å². The lowest BCUT2D eigenvalue weighted by Gasteiger charge is -2.10. The molecule has 6 nitrogen and oxygen atoms in total. The number of aromatic nitrogens is 1. The molecule has 152 valence electrons. The van der Waals surface area contributed by atoms with E-state index in [-0.39, 0.29) is 5.91 Å². The molecule has 0 bridgehead atoms. The van der Waals surface area contributed by atoms with E-state index in [1.54, 1.807) is 30.5 Å². The average molecular weight is 402 g/mol. The maximum atomic E-state index is 12.8. The third-order valence-corrected chi connectivity index (χ3v) is 4.52. The van der Waals surface area contributed by atoms with Gasteiger partial charge in [-0.25, -0.2) is 4.98 Å². The number of nitrogens with zero attached hydrogens (tertiary/aromatic N) is 1. The highest BCUT2D eigenvalue weighted by Crippen LogP contribution is 2.34. The van der Waals surface area contributed by atoms with E-state index < -0.39 is 0 Å². The van der Waals surface area contributed by atoms with Gasteiger partial charge in [0.25, 0.3) is 5.91 Å². The van der Waals surface area contributed by atoms with Crippen molar-refractivity contribution in [1.29, 1.82) is 0 Å². The fraction of sp³-hybridized carbons (Fsp3) is 0.167. The summed E-state index contributed by atoms with van der Waals surface area (Å²) in [5.74, 6) is 2.75. The Balaban J connectivity index is 1.63. The third-order valence-electron chi connectivity index (χ3n) is 4.52. The Hall–Kier alpha value is -3.80. The highest BCUT2D eigenvalue weighted by molar-refractivity contribution is 6.06. The number of fused-ring (bicyclic) bond motifs is 1. The number of pyridine rings is 1. The number of amides is 1. The van der Waals surface area contributed by atoms with Crippen LogP contribution >= 0.6 is 0 Å². The van der Waals surface area contributed by atoms with E-state index in [1.807, 2.05) is 51.1 Å². The van der Waals surface area contributed by atoms with Crippen molar-refractivity contribution < 1.29 is 18.7 Å². The summed E-state index contributed by atoms with van der Waals surface area (Å²) < 4.78 is 17.2. The van der Waals surface area contributed by atoms with E-state index in [2.05, 4.69) is 10.3 Å². The number of nitrogens with one attached hydrogen (secondary N) is 1. The summed E-state index contributed by atoms with van der Waals surface area (Å²) in [7, 11) is 0. The minimum atomic E-state index is -0.309. The number of hydrogen-bond donors (Lipinski definition) is 1. The van der Waals surface area contributed by atoms with Crippen LogP contribution in [0.1, 0.15) is 28.6 Å². The number of ether oxygens (including phenoxy) is 2. The number of hydrogen-bond acceptors (Lipinski definition) is 5. The molecule has 2 aromatic carbocycles. The van der Waals surface area contributed by atoms with Crippen molar-refractivity contribution in [3.8, 4) is 17.2 Å². The number of anilines is 1. The van der Waals surface area contributed by atoms with Crippen LogP contribution in [0.4, 0.5) is 5.82 Å². The minimum Gasteiger partial charge on any atom is -0.492 e. The van der Waals surface area contributed by atoms with Crippen LogP contribution in [0.2, 0.25) is 0 Å². The van der Waals surface area contributed by atoms with Crippen LogP contribution in [-0.2, 0) is 0 Å². The van der Waals surface area contributed by atoms with Crippen molar-refractivity contribution in [2.24, 2.45) is 0 Å². The Kier molecular flexibility index (Phi) is 5.39. The molecular formula is C24H22N2O4. The first-order valence-corrected chi connectivity index (χ1v) is 9.71. The zero-order chi connectivity index (χ0) is 21.1. The van der Waals surface area contributed by atoms with Crippen molar-refractivity contribution in [1.82, 2.24) is 4.98 Å². The zero-order valence-corrected chi connectivity index (χ0v) is 17.1. The molecule has 0 saturated heterocycles. The molecule has 1 N–H and O–H groups in total. The predicted molar refractivity (Wildman–Crippen MR) is 116 cm³/mol. The SMILES string of the molecule is CCOc1ccc(NC(=O)c2cc(Oc3ccc(C)cc3)c3cc(C)oc3c2)nc1. The molecule has 0 saturated carbocycles. The van der Waals surface area contributed by atoms with Crippen molar-refractivity contribution in [3.63, 3.8) is 0 Å². The first-order chi connectivity index (χ1) is 14.5. The second-order valence-electron chi connectivity index (χ2n) is 6.92. The monoisotopic (exact) mass is 402 g/mol. The second-order valence-corrected chi connectivity index (χ2v) is 6.92. The van der Waals surface area contributed by atoms with Crippen molar-refractivity contribution >= 4 is 22.7 Å². The van der Waals surface area contributed by atoms with Crippen molar-refractivity contribution in [2.45, 2.75) is 20.8 Å². The van der Waals surface area contributed by atoms with Crippen LogP contribution < -0.4 is 14.8 Å². The molecule has 6 heteroatoms. The summed E-state index contributed by atoms with van der Waals surface area (Å²) in [6.45, 7) is 6.33. The Labute approximate surface area is 174 Å². The topological polar surface area (TPSA) is 73.6 Å². The van der Waals surface area contributed by atoms with Gasteiger partial charge in [-0.05, 0) is 63.2 Å². The molecular weight excluding hydrogens is 380 g/mol. The molecule has 0 atom stereocenters. The lowest BCUT2D eigenvalue weighted by Crippen LogP contribution is -2.13. The molecule has 0 aliphatic heterocycles. The highest BCUT2D eigenvalue weighted by Gasteiger charge is 2.16. The van der Waals surface area contributed by atoms with Crippen molar-refractivity contribution in [2.75, 3.05) is 11.9 Å². The molecule has 0 unspecified atom stereocenters. The van der Waals surface area contributed by atoms with E-state index >= 15 is 0 Å². The Bertz CT molecular complexity index is 1180. The van der Waals surface area contributed by atoms with Crippen LogP contribution in [0.5, 0.6) is 17.2 Å². The molecule has 0 spiro atoms. The molecule has 2 heterocycles. The second kappa shape index (κ2) is 8.29. The van der Waals surface area contributed by atoms with Crippen LogP contribution in [0.15, 0.2) is 65.2 Å². The Morgan fingerprint density at radius 1 is 1.03 bits per heavy atom. The maximum Gasteiger partial charge on any atom is 0.257 e. The van der Waals surface area contributed by atoms with Gasteiger partial charge in [-0.15, -0.1) is 0 Å². The molecule has 0 aliphatic carbocycles. The average Bonchev–Trinajstić information content (AvgIpc) is 3.12. The summed E-state index contributed by atoms with van der Waals surface area (Å²) in [6.07, 6.45) is 1.57. The molecule has 1 amide bonds. The zero-order valence-electron chi connectivity index (χ0n) is 17.1. The number of rotatable bonds is 6. The fourth-order valence-corrected chi connectivity index (χ4v) is 3.08. The van der Waals surface area contributed by atoms with Gasteiger partial charge in [0, 0.05) is 5.56 Å². The number of furan rings is 1. The molecule has 4 rings (SSSR count). The van der Waals surface area contributed by atoms with Gasteiger partial charge in [0.1, 0.15) is 34.4 Å². The lowest BCUT2D eigenvalue weighted by molar-refractivity contribution is 0.102. The minimum absolute atomic E-state index is 0.309. The summed E-state index contributed by atoms with van der Waals surface area (Å²) >= 11 is 0. The van der Waals surface area contributed by atoms with E-state index in [0.29, 0.717) is 40.8 Å². The summed E-state index contributed by atoms with van der Waals surface area (Å²) in [5.41, 5.74) is 2.14. The van der Waals surface area contributed by atoms with Crippen LogP contribution in [0.3, 0.4) is 0 Å². The maximum absolute atomic E-state index is 12.8. The van der Waals surface area contributed by atoms with E-state index in [4.69, 9.17) is 13.9 Å². The number of carbonyl (C=O) groups is 1. The van der Waals surface area contributed by atoms with Crippen LogP contribution in [-0.4, -0.2) is 17.5 Å². The summed E-state index contributed by atoms with van der Waals surface area (Å²) in [5, 5.41) is 3.60. The molecule has 0 fully saturated rings. The van der Waals surface area contributed by atoms with Gasteiger partial charge < -0.3 is 19.2 Å². The lowest BCUT2D eigenvalue weighted by atomic mass is 10.1. The number of aryl methyl sites for hydroxylation is 2. The number of benzene rings is 2. The first kappa shape index (κ1) is 19.5. The van der Waals surface area contributed by atoms with E-state index in [0.717, 1.165) is 16.7 Å². The summed E-state index contributed by atoms with van der Waals surface area (Å²) in [4.78, 5) is 17.1. The van der Waals surface area contributed by atoms with Gasteiger partial charge in [-0.3, -0.25) is 4.79 Å². The van der Waals surface area contributed by atoms with Gasteiger partial charge in [0.15, 0.2) is 0 Å². The predicted octanol–water partition coefficient (Wildman–Crippen LogP) is 5.89. The van der Waals surface area contributed by atoms with Gasteiger partial charge in [0.2, 0.25) is 0 Å². The molecule has 0 aliphatic rings. The largest absolute Gasteiger partial charge is 0.492 e. The quantitative estimate of drug-likeness (QED) is 0.435. The van der Waals surface area contributed by atoms with Crippen LogP contribution in [0, 0.1) is 13.8 Å². The Morgan fingerprint density at radius 3 is 2.50 bits per heavy atom. The molecule has 0 radical (unpaired) electrons. The smallest absolute Gasteiger partial charge is 0.257 e. The molecule has 2 aromatic heterocycles. The van der Waals surface area contributed by atoms with Gasteiger partial charge in [-0.2, -0.15) is 0 Å². The fourth-order valence-electron chi connectivity index (χ4n) is 3.08. The van der Waals surface area contributed by atoms with E-state index in [9.17, 15) is 4.79 Å². The van der Waals surface area contributed by atoms with Gasteiger partial charge >= 0.3 is 0 Å². The summed E-state index contributed by atoms with van der Waals surface area (Å²) in [6, 6.07) is 16.5. The number of carbonyl (C=O) groups excluding carboxylic acids is 1. The molecule has 4 aromatic rings. The Morgan fingerprint density at radius 2 is 1.80 bits per heavy atom. The first-order valence-electron chi connectivity index (χ1n) is 9.71. The third kappa shape index (κ3) is 4.27. The standard InChI is InChI=1S/C24H22N2O4/c1-4-28-19-9-10-23(25-14-19)26-24(27)17-12-21-20(11-16(3)29-21)22(13-17)30-18-7-5-15(2)6-8-18/h5-14H,4H2,1-3H3,(H,25,26,27). The van der Waals surface area contributed by atoms with Crippen LogP contribution in [0.25, 0.3) is 11.0 Å². The highest BCUT2D eigenvalue weighted by atomic mass is 16.5. The van der Waals surface area contributed by atoms with E-state index in [1.165, 1.54) is 0 Å². The molecule has 30 heavy (non-hydrogen) atoms.